The minimum absolute atomic E-state index is 0.0752. The molecule has 0 radical (unpaired) electrons. The zero-order valence-corrected chi connectivity index (χ0v) is 11.9. The zero-order chi connectivity index (χ0) is 13.0. The van der Waals surface area contributed by atoms with Crippen molar-refractivity contribution in [2.75, 3.05) is 19.0 Å². The standard InChI is InChI=1S/C11H14BrClN2O2/c1-7(6-16)15(2)11(17)14-8-3-4-10(13)9(12)5-8/h3-5,7,16H,6H2,1-2H3,(H,14,17)/t7-/m1/s1. The molecule has 17 heavy (non-hydrogen) atoms. The molecule has 2 amide bonds. The number of nitrogens with zero attached hydrogens (tertiary/aromatic N) is 1. The van der Waals surface area contributed by atoms with Gasteiger partial charge in [-0.05, 0) is 41.1 Å². The van der Waals surface area contributed by atoms with Gasteiger partial charge in [-0.3, -0.25) is 0 Å². The molecule has 0 fully saturated rings. The monoisotopic (exact) mass is 320 g/mol. The maximum atomic E-state index is 11.8. The van der Waals surface area contributed by atoms with Crippen LogP contribution in [0.1, 0.15) is 6.92 Å². The number of amides is 2. The van der Waals surface area contributed by atoms with Gasteiger partial charge in [0.2, 0.25) is 0 Å². The van der Waals surface area contributed by atoms with Crippen LogP contribution in [0.25, 0.3) is 0 Å². The molecule has 0 saturated heterocycles. The third kappa shape index (κ3) is 3.87. The molecule has 1 aromatic rings. The third-order valence-corrected chi connectivity index (χ3v) is 3.63. The lowest BCUT2D eigenvalue weighted by molar-refractivity contribution is 0.166. The molecule has 0 spiro atoms. The van der Waals surface area contributed by atoms with Gasteiger partial charge >= 0.3 is 6.03 Å². The number of carbonyl (C=O) groups excluding carboxylic acids is 1. The number of urea groups is 1. The summed E-state index contributed by atoms with van der Waals surface area (Å²) in [6, 6.07) is 4.61. The Morgan fingerprint density at radius 1 is 1.65 bits per heavy atom. The van der Waals surface area contributed by atoms with Gasteiger partial charge in [0.15, 0.2) is 0 Å². The highest BCUT2D eigenvalue weighted by atomic mass is 79.9. The summed E-state index contributed by atoms with van der Waals surface area (Å²) >= 11 is 9.13. The van der Waals surface area contributed by atoms with Crippen molar-refractivity contribution in [3.63, 3.8) is 0 Å². The lowest BCUT2D eigenvalue weighted by Gasteiger charge is -2.23. The molecule has 94 valence electrons. The van der Waals surface area contributed by atoms with Crippen LogP contribution < -0.4 is 5.32 Å². The van der Waals surface area contributed by atoms with E-state index in [1.54, 1.807) is 32.2 Å². The van der Waals surface area contributed by atoms with Gasteiger partial charge in [0.25, 0.3) is 0 Å². The molecule has 1 atom stereocenters. The number of hydrogen-bond acceptors (Lipinski definition) is 2. The number of anilines is 1. The summed E-state index contributed by atoms with van der Waals surface area (Å²) in [5, 5.41) is 12.2. The summed E-state index contributed by atoms with van der Waals surface area (Å²) in [4.78, 5) is 13.2. The average Bonchev–Trinajstić information content (AvgIpc) is 2.31. The van der Waals surface area contributed by atoms with Gasteiger partial charge in [0.1, 0.15) is 0 Å². The van der Waals surface area contributed by atoms with Gasteiger partial charge in [-0.25, -0.2) is 4.79 Å². The largest absolute Gasteiger partial charge is 0.394 e. The molecule has 0 aliphatic rings. The molecule has 0 unspecified atom stereocenters. The van der Waals surface area contributed by atoms with Crippen molar-refractivity contribution in [3.8, 4) is 0 Å². The van der Waals surface area contributed by atoms with Crippen molar-refractivity contribution in [2.45, 2.75) is 13.0 Å². The van der Waals surface area contributed by atoms with E-state index in [0.29, 0.717) is 10.7 Å². The molecule has 0 heterocycles. The summed E-state index contributed by atoms with van der Waals surface area (Å²) < 4.78 is 0.717. The van der Waals surface area contributed by atoms with Crippen LogP contribution in [0.3, 0.4) is 0 Å². The number of likely N-dealkylation sites (N-methyl/N-ethyl adjacent to an activating group) is 1. The number of nitrogens with one attached hydrogen (secondary N) is 1. The number of rotatable bonds is 3. The van der Waals surface area contributed by atoms with Crippen LogP contribution in [0, 0.1) is 0 Å². The van der Waals surface area contributed by atoms with E-state index in [2.05, 4.69) is 21.2 Å². The van der Waals surface area contributed by atoms with Crippen molar-refractivity contribution < 1.29 is 9.90 Å². The lowest BCUT2D eigenvalue weighted by Crippen LogP contribution is -2.40. The first-order valence-corrected chi connectivity index (χ1v) is 6.22. The van der Waals surface area contributed by atoms with E-state index in [4.69, 9.17) is 16.7 Å². The first-order valence-electron chi connectivity index (χ1n) is 5.05. The Morgan fingerprint density at radius 3 is 2.82 bits per heavy atom. The Balaban J connectivity index is 2.71. The van der Waals surface area contributed by atoms with Crippen LogP contribution in [-0.2, 0) is 0 Å². The van der Waals surface area contributed by atoms with E-state index in [-0.39, 0.29) is 18.7 Å². The second-order valence-electron chi connectivity index (χ2n) is 3.70. The molecule has 1 rings (SSSR count). The SMILES string of the molecule is C[C@H](CO)N(C)C(=O)Nc1ccc(Cl)c(Br)c1. The Bertz CT molecular complexity index is 414. The molecule has 0 aliphatic carbocycles. The fourth-order valence-corrected chi connectivity index (χ4v) is 1.60. The Labute approximate surface area is 114 Å². The molecule has 0 aromatic heterocycles. The van der Waals surface area contributed by atoms with E-state index in [1.807, 2.05) is 0 Å². The van der Waals surface area contributed by atoms with Gasteiger partial charge in [0.05, 0.1) is 17.7 Å². The van der Waals surface area contributed by atoms with Crippen LogP contribution in [0.4, 0.5) is 10.5 Å². The van der Waals surface area contributed by atoms with Crippen molar-refractivity contribution in [3.05, 3.63) is 27.7 Å². The highest BCUT2D eigenvalue weighted by Crippen LogP contribution is 2.25. The van der Waals surface area contributed by atoms with E-state index in [0.717, 1.165) is 4.47 Å². The van der Waals surface area contributed by atoms with Crippen LogP contribution in [0.5, 0.6) is 0 Å². The predicted octanol–water partition coefficient (Wildman–Crippen LogP) is 2.95. The van der Waals surface area contributed by atoms with Crippen LogP contribution >= 0.6 is 27.5 Å². The van der Waals surface area contributed by atoms with E-state index in [1.165, 1.54) is 4.90 Å². The Kier molecular flexibility index (Phi) is 5.24. The molecule has 6 heteroatoms. The third-order valence-electron chi connectivity index (χ3n) is 2.42. The van der Waals surface area contributed by atoms with Gasteiger partial charge in [0, 0.05) is 17.2 Å². The predicted molar refractivity (Wildman–Crippen MR) is 72.5 cm³/mol. The fourth-order valence-electron chi connectivity index (χ4n) is 1.11. The molecule has 4 nitrogen and oxygen atoms in total. The van der Waals surface area contributed by atoms with Crippen LogP contribution in [0.2, 0.25) is 5.02 Å². The molecule has 0 aliphatic heterocycles. The van der Waals surface area contributed by atoms with Gasteiger partial charge in [-0.15, -0.1) is 0 Å². The molecular weight excluding hydrogens is 307 g/mol. The smallest absolute Gasteiger partial charge is 0.321 e. The Hall–Kier alpha value is -0.780. The van der Waals surface area contributed by atoms with Crippen LogP contribution in [0.15, 0.2) is 22.7 Å². The van der Waals surface area contributed by atoms with Crippen molar-refractivity contribution >= 4 is 39.2 Å². The van der Waals surface area contributed by atoms with E-state index >= 15 is 0 Å². The highest BCUT2D eigenvalue weighted by molar-refractivity contribution is 9.10. The average molecular weight is 322 g/mol. The summed E-state index contributed by atoms with van der Waals surface area (Å²) in [5.41, 5.74) is 0.642. The number of carbonyl (C=O) groups is 1. The minimum Gasteiger partial charge on any atom is -0.394 e. The van der Waals surface area contributed by atoms with E-state index in [9.17, 15) is 4.79 Å². The number of aliphatic hydroxyl groups excluding tert-OH is 1. The number of benzene rings is 1. The fraction of sp³-hybridized carbons (Fsp3) is 0.364. The summed E-state index contributed by atoms with van der Waals surface area (Å²) in [6.07, 6.45) is 0. The molecule has 1 aromatic carbocycles. The second kappa shape index (κ2) is 6.23. The zero-order valence-electron chi connectivity index (χ0n) is 9.58. The Morgan fingerprint density at radius 2 is 2.29 bits per heavy atom. The lowest BCUT2D eigenvalue weighted by atomic mass is 10.3. The number of halogens is 2. The van der Waals surface area contributed by atoms with Crippen molar-refractivity contribution in [2.24, 2.45) is 0 Å². The first kappa shape index (κ1) is 14.3. The maximum absolute atomic E-state index is 11.8. The molecule has 0 bridgehead atoms. The molecular formula is C11H14BrClN2O2. The quantitative estimate of drug-likeness (QED) is 0.899. The maximum Gasteiger partial charge on any atom is 0.321 e. The minimum atomic E-state index is -0.277. The van der Waals surface area contributed by atoms with Crippen molar-refractivity contribution in [1.82, 2.24) is 4.90 Å². The molecule has 0 saturated carbocycles. The summed E-state index contributed by atoms with van der Waals surface area (Å²) in [5.74, 6) is 0. The summed E-state index contributed by atoms with van der Waals surface area (Å²) in [6.45, 7) is 1.69. The van der Waals surface area contributed by atoms with Gasteiger partial charge in [-0.2, -0.15) is 0 Å². The normalized spacial score (nSPS) is 12.1. The van der Waals surface area contributed by atoms with Crippen LogP contribution in [-0.4, -0.2) is 35.7 Å². The number of hydrogen-bond donors (Lipinski definition) is 2. The topological polar surface area (TPSA) is 52.6 Å². The van der Waals surface area contributed by atoms with Crippen molar-refractivity contribution in [1.29, 1.82) is 0 Å². The first-order chi connectivity index (χ1) is 7.95. The van der Waals surface area contributed by atoms with E-state index < -0.39 is 0 Å². The number of aliphatic hydroxyl groups is 1. The summed E-state index contributed by atoms with van der Waals surface area (Å²) in [7, 11) is 1.63. The molecule has 2 N–H and O–H groups in total. The second-order valence-corrected chi connectivity index (χ2v) is 4.96. The van der Waals surface area contributed by atoms with Gasteiger partial charge < -0.3 is 15.3 Å². The highest BCUT2D eigenvalue weighted by Gasteiger charge is 2.14. The van der Waals surface area contributed by atoms with Gasteiger partial charge in [-0.1, -0.05) is 11.6 Å².